The Balaban J connectivity index is 1.50. The third-order valence-corrected chi connectivity index (χ3v) is 5.43. The molecular weight excluding hydrogens is 268 g/mol. The molecule has 1 unspecified atom stereocenters. The van der Waals surface area contributed by atoms with Crippen LogP contribution in [0.3, 0.4) is 0 Å². The fourth-order valence-corrected chi connectivity index (χ4v) is 5.11. The van der Waals surface area contributed by atoms with E-state index >= 15 is 0 Å². The Bertz CT molecular complexity index is 393. The Morgan fingerprint density at radius 1 is 1.10 bits per heavy atom. The highest BCUT2D eigenvalue weighted by Crippen LogP contribution is 2.57. The monoisotopic (exact) mass is 294 g/mol. The molecule has 4 heteroatoms. The molecule has 0 N–H and O–H groups in total. The van der Waals surface area contributed by atoms with E-state index in [2.05, 4.69) is 0 Å². The van der Waals surface area contributed by atoms with Crippen LogP contribution in [0.5, 0.6) is 0 Å². The van der Waals surface area contributed by atoms with Crippen molar-refractivity contribution in [1.29, 1.82) is 0 Å². The summed E-state index contributed by atoms with van der Waals surface area (Å²) in [5.41, 5.74) is -0.156. The zero-order valence-electron chi connectivity index (χ0n) is 13.1. The van der Waals surface area contributed by atoms with Crippen molar-refractivity contribution in [2.45, 2.75) is 76.9 Å². The largest absolute Gasteiger partial charge is 0.463 e. The first-order valence-electron chi connectivity index (χ1n) is 8.33. The van der Waals surface area contributed by atoms with E-state index in [-0.39, 0.29) is 23.6 Å². The molecule has 0 aromatic heterocycles. The van der Waals surface area contributed by atoms with Crippen molar-refractivity contribution in [1.82, 2.24) is 0 Å². The van der Waals surface area contributed by atoms with Crippen molar-refractivity contribution in [3.8, 4) is 0 Å². The standard InChI is InChI=1S/C17H26O4/c1-11(20-12(2)18)3-4-16(19)21-17-8-13-5-14(9-17)7-15(6-13)10-17/h11,13-15H,3-10H2,1-2H3. The maximum atomic E-state index is 12.2. The summed E-state index contributed by atoms with van der Waals surface area (Å²) < 4.78 is 11.0. The van der Waals surface area contributed by atoms with Crippen LogP contribution in [-0.2, 0) is 19.1 Å². The first-order chi connectivity index (χ1) is 9.94. The van der Waals surface area contributed by atoms with Crippen molar-refractivity contribution in [3.05, 3.63) is 0 Å². The third kappa shape index (κ3) is 3.41. The maximum Gasteiger partial charge on any atom is 0.306 e. The zero-order chi connectivity index (χ0) is 15.0. The summed E-state index contributed by atoms with van der Waals surface area (Å²) in [4.78, 5) is 23.0. The lowest BCUT2D eigenvalue weighted by Gasteiger charge is -2.55. The van der Waals surface area contributed by atoms with E-state index < -0.39 is 0 Å². The van der Waals surface area contributed by atoms with Crippen LogP contribution in [0.15, 0.2) is 0 Å². The minimum Gasteiger partial charge on any atom is -0.463 e. The second-order valence-corrected chi connectivity index (χ2v) is 7.53. The van der Waals surface area contributed by atoms with E-state index in [1.807, 2.05) is 6.92 Å². The number of ether oxygens (including phenoxy) is 2. The molecule has 4 aliphatic carbocycles. The second kappa shape index (κ2) is 5.62. The van der Waals surface area contributed by atoms with Crippen LogP contribution in [0, 0.1) is 17.8 Å². The molecule has 0 heterocycles. The smallest absolute Gasteiger partial charge is 0.306 e. The zero-order valence-corrected chi connectivity index (χ0v) is 13.1. The first-order valence-corrected chi connectivity index (χ1v) is 8.33. The SMILES string of the molecule is CC(=O)OC(C)CCC(=O)OC12CC3CC(CC(C3)C1)C2. The van der Waals surface area contributed by atoms with Crippen LogP contribution < -0.4 is 0 Å². The molecule has 4 nitrogen and oxygen atoms in total. The van der Waals surface area contributed by atoms with Gasteiger partial charge in [0.25, 0.3) is 0 Å². The van der Waals surface area contributed by atoms with Gasteiger partial charge < -0.3 is 9.47 Å². The molecule has 0 aromatic rings. The van der Waals surface area contributed by atoms with E-state index in [0.717, 1.165) is 37.0 Å². The lowest BCUT2D eigenvalue weighted by atomic mass is 9.54. The van der Waals surface area contributed by atoms with Crippen molar-refractivity contribution >= 4 is 11.9 Å². The quantitative estimate of drug-likeness (QED) is 0.730. The van der Waals surface area contributed by atoms with E-state index in [9.17, 15) is 9.59 Å². The van der Waals surface area contributed by atoms with Gasteiger partial charge in [-0.1, -0.05) is 0 Å². The van der Waals surface area contributed by atoms with Crippen LogP contribution in [0.1, 0.15) is 65.2 Å². The Morgan fingerprint density at radius 2 is 1.62 bits per heavy atom. The van der Waals surface area contributed by atoms with Crippen LogP contribution in [0.2, 0.25) is 0 Å². The highest BCUT2D eigenvalue weighted by Gasteiger charge is 2.53. The summed E-state index contributed by atoms with van der Waals surface area (Å²) in [5.74, 6) is 1.94. The molecular formula is C17H26O4. The van der Waals surface area contributed by atoms with E-state index in [1.165, 1.54) is 26.2 Å². The van der Waals surface area contributed by atoms with Gasteiger partial charge in [-0.05, 0) is 69.6 Å². The van der Waals surface area contributed by atoms with Gasteiger partial charge in [0.15, 0.2) is 0 Å². The van der Waals surface area contributed by atoms with Crippen LogP contribution in [-0.4, -0.2) is 23.6 Å². The topological polar surface area (TPSA) is 52.6 Å². The number of esters is 2. The number of rotatable bonds is 5. The highest BCUT2D eigenvalue weighted by molar-refractivity contribution is 5.70. The van der Waals surface area contributed by atoms with Gasteiger partial charge in [0.05, 0.1) is 6.10 Å². The van der Waals surface area contributed by atoms with Crippen molar-refractivity contribution in [3.63, 3.8) is 0 Å². The molecule has 4 fully saturated rings. The summed E-state index contributed by atoms with van der Waals surface area (Å²) in [6, 6.07) is 0. The normalized spacial score (nSPS) is 38.1. The van der Waals surface area contributed by atoms with Gasteiger partial charge in [-0.2, -0.15) is 0 Å². The summed E-state index contributed by atoms with van der Waals surface area (Å²) in [7, 11) is 0. The predicted octanol–water partition coefficient (Wildman–Crippen LogP) is 3.23. The minimum atomic E-state index is -0.294. The summed E-state index contributed by atoms with van der Waals surface area (Å²) in [6.07, 6.45) is 7.94. The van der Waals surface area contributed by atoms with Crippen molar-refractivity contribution in [2.24, 2.45) is 17.8 Å². The molecule has 1 atom stereocenters. The summed E-state index contributed by atoms with van der Waals surface area (Å²) >= 11 is 0. The Labute approximate surface area is 126 Å². The highest BCUT2D eigenvalue weighted by atomic mass is 16.6. The molecule has 0 amide bonds. The van der Waals surface area contributed by atoms with Gasteiger partial charge in [-0.3, -0.25) is 9.59 Å². The Kier molecular flexibility index (Phi) is 3.98. The third-order valence-electron chi connectivity index (χ3n) is 5.43. The number of hydrogen-bond donors (Lipinski definition) is 0. The maximum absolute atomic E-state index is 12.2. The molecule has 0 saturated heterocycles. The predicted molar refractivity (Wildman–Crippen MR) is 77.5 cm³/mol. The van der Waals surface area contributed by atoms with Gasteiger partial charge in [-0.25, -0.2) is 0 Å². The van der Waals surface area contributed by atoms with Gasteiger partial charge in [0.1, 0.15) is 5.60 Å². The molecule has 4 saturated carbocycles. The van der Waals surface area contributed by atoms with Crippen LogP contribution >= 0.6 is 0 Å². The Morgan fingerprint density at radius 3 is 2.10 bits per heavy atom. The van der Waals surface area contributed by atoms with Crippen molar-refractivity contribution < 1.29 is 19.1 Å². The van der Waals surface area contributed by atoms with Gasteiger partial charge >= 0.3 is 11.9 Å². The van der Waals surface area contributed by atoms with Crippen LogP contribution in [0.4, 0.5) is 0 Å². The lowest BCUT2D eigenvalue weighted by molar-refractivity contribution is -0.187. The second-order valence-electron chi connectivity index (χ2n) is 7.53. The number of carbonyl (C=O) groups excluding carboxylic acids is 2. The molecule has 21 heavy (non-hydrogen) atoms. The first kappa shape index (κ1) is 14.9. The average molecular weight is 294 g/mol. The Hall–Kier alpha value is -1.06. The van der Waals surface area contributed by atoms with Gasteiger partial charge in [0, 0.05) is 13.3 Å². The number of hydrogen-bond acceptors (Lipinski definition) is 4. The van der Waals surface area contributed by atoms with Crippen molar-refractivity contribution in [2.75, 3.05) is 0 Å². The lowest BCUT2D eigenvalue weighted by Crippen LogP contribution is -2.52. The molecule has 4 rings (SSSR count). The van der Waals surface area contributed by atoms with Gasteiger partial charge in [-0.15, -0.1) is 0 Å². The van der Waals surface area contributed by atoms with E-state index in [1.54, 1.807) is 0 Å². The average Bonchev–Trinajstić information content (AvgIpc) is 2.33. The molecule has 0 radical (unpaired) electrons. The molecule has 0 aliphatic heterocycles. The minimum absolute atomic E-state index is 0.115. The molecule has 118 valence electrons. The fraction of sp³-hybridized carbons (Fsp3) is 0.882. The number of carbonyl (C=O) groups is 2. The van der Waals surface area contributed by atoms with E-state index in [4.69, 9.17) is 9.47 Å². The summed E-state index contributed by atoms with van der Waals surface area (Å²) in [6.45, 7) is 3.21. The summed E-state index contributed by atoms with van der Waals surface area (Å²) in [5, 5.41) is 0. The van der Waals surface area contributed by atoms with Crippen LogP contribution in [0.25, 0.3) is 0 Å². The molecule has 4 bridgehead atoms. The molecule has 0 spiro atoms. The molecule has 0 aromatic carbocycles. The van der Waals surface area contributed by atoms with E-state index in [0.29, 0.717) is 12.8 Å². The fourth-order valence-electron chi connectivity index (χ4n) is 5.11. The molecule has 4 aliphatic rings. The van der Waals surface area contributed by atoms with Gasteiger partial charge in [0.2, 0.25) is 0 Å².